The van der Waals surface area contributed by atoms with E-state index in [9.17, 15) is 15.0 Å². The summed E-state index contributed by atoms with van der Waals surface area (Å²) in [5, 5.41) is 21.3. The molecule has 0 spiro atoms. The molecule has 0 saturated carbocycles. The van der Waals surface area contributed by atoms with E-state index in [0.29, 0.717) is 29.1 Å². The van der Waals surface area contributed by atoms with Crippen LogP contribution in [0.5, 0.6) is 0 Å². The van der Waals surface area contributed by atoms with E-state index in [1.807, 2.05) is 6.26 Å². The van der Waals surface area contributed by atoms with E-state index in [1.54, 1.807) is 4.57 Å². The summed E-state index contributed by atoms with van der Waals surface area (Å²) < 4.78 is 7.66. The van der Waals surface area contributed by atoms with Gasteiger partial charge in [0.05, 0.1) is 24.6 Å². The number of aliphatic carboxylic acids is 1. The van der Waals surface area contributed by atoms with Crippen LogP contribution in [0.1, 0.15) is 12.6 Å². The predicted molar refractivity (Wildman–Crippen MR) is 97.0 cm³/mol. The van der Waals surface area contributed by atoms with Gasteiger partial charge in [0.2, 0.25) is 0 Å². The number of nitrogens with zero attached hydrogens (tertiary/aromatic N) is 4. The zero-order chi connectivity index (χ0) is 19.7. The summed E-state index contributed by atoms with van der Waals surface area (Å²) in [4.78, 5) is 23.1. The maximum atomic E-state index is 10.8. The van der Waals surface area contributed by atoms with E-state index < -0.39 is 36.5 Å². The molecule has 1 aliphatic heterocycles. The van der Waals surface area contributed by atoms with Crippen LogP contribution in [0, 0.1) is 0 Å². The first kappa shape index (κ1) is 19.8. The third-order valence-electron chi connectivity index (χ3n) is 4.68. The Morgan fingerprint density at radius 1 is 1.52 bits per heavy atom. The molecule has 1 fully saturated rings. The zero-order valence-electron chi connectivity index (χ0n) is 14.9. The molecule has 2 aromatic rings. The molecule has 0 aromatic carbocycles. The highest BCUT2D eigenvalue weighted by molar-refractivity contribution is 7.96. The van der Waals surface area contributed by atoms with Gasteiger partial charge in [0.15, 0.2) is 17.7 Å². The molecule has 6 atom stereocenters. The molecule has 3 rings (SSSR count). The van der Waals surface area contributed by atoms with Gasteiger partial charge in [-0.05, 0) is 10.9 Å². The number of aliphatic hydroxyl groups excluding tert-OH is 1. The molecule has 27 heavy (non-hydrogen) atoms. The van der Waals surface area contributed by atoms with E-state index in [-0.39, 0.29) is 16.7 Å². The lowest BCUT2D eigenvalue weighted by atomic mass is 10.1. The van der Waals surface area contributed by atoms with Crippen LogP contribution in [-0.4, -0.2) is 72.6 Å². The Hall–Kier alpha value is -1.99. The number of hydrogen-bond donors (Lipinski definition) is 4. The Balaban J connectivity index is 1.68. The molecule has 1 aliphatic rings. The topological polar surface area (TPSA) is 193 Å². The van der Waals surface area contributed by atoms with Crippen LogP contribution in [0.2, 0.25) is 0 Å². The van der Waals surface area contributed by atoms with Gasteiger partial charge in [-0.1, -0.05) is 0 Å². The fourth-order valence-corrected chi connectivity index (χ4v) is 4.73. The maximum absolute atomic E-state index is 10.8. The molecule has 0 bridgehead atoms. The number of ether oxygens (including phenoxy) is 1. The second-order valence-electron chi connectivity index (χ2n) is 6.67. The SMILES string of the molecule is C[S+](CC[C@H]([NH3+])C(=O)[O-])C[C@H]1O[C@@H](n2cnc3c(N)ncnc32)[C@H](N)[C@@H]1O. The third kappa shape index (κ3) is 3.99. The molecule has 0 amide bonds. The van der Waals surface area contributed by atoms with Crippen LogP contribution in [-0.2, 0) is 20.4 Å². The molecule has 12 heteroatoms. The number of nitrogen functional groups attached to an aromatic ring is 1. The van der Waals surface area contributed by atoms with Crippen LogP contribution in [0.3, 0.4) is 0 Å². The predicted octanol–water partition coefficient (Wildman–Crippen LogP) is -4.01. The number of nitrogens with two attached hydrogens (primary N) is 2. The van der Waals surface area contributed by atoms with Crippen molar-refractivity contribution in [3.8, 4) is 0 Å². The van der Waals surface area contributed by atoms with Gasteiger partial charge >= 0.3 is 0 Å². The Morgan fingerprint density at radius 3 is 2.96 bits per heavy atom. The minimum atomic E-state index is -1.15. The van der Waals surface area contributed by atoms with Crippen molar-refractivity contribution < 1.29 is 25.5 Å². The van der Waals surface area contributed by atoms with Crippen LogP contribution in [0.15, 0.2) is 12.7 Å². The number of carbonyl (C=O) groups is 1. The standard InChI is InChI=1S/C15H23N7O4S/c1-27(3-2-7(16)15(24)25)4-8-11(23)9(17)14(26-8)22-6-21-10-12(18)19-5-20-13(10)22/h5-9,11,14,23H,2-4,16-17H2,1H3,(H2-,18,19,20,24,25)/p+1/t7-,8+,9+,11+,14+,27?/m0/s1. The number of hydrogen-bond acceptors (Lipinski definition) is 9. The van der Waals surface area contributed by atoms with Gasteiger partial charge in [0.1, 0.15) is 41.6 Å². The normalized spacial score (nSPS) is 27.7. The Bertz CT molecular complexity index is 819. The van der Waals surface area contributed by atoms with E-state index in [1.165, 1.54) is 12.7 Å². The van der Waals surface area contributed by atoms with Crippen molar-refractivity contribution in [2.45, 2.75) is 36.9 Å². The van der Waals surface area contributed by atoms with Crippen LogP contribution < -0.4 is 22.3 Å². The Morgan fingerprint density at radius 2 is 2.26 bits per heavy atom. The molecule has 2 aromatic heterocycles. The quantitative estimate of drug-likeness (QED) is 0.336. The van der Waals surface area contributed by atoms with Gasteiger partial charge < -0.3 is 36.9 Å². The molecule has 148 valence electrons. The fraction of sp³-hybridized carbons (Fsp3) is 0.600. The summed E-state index contributed by atoms with van der Waals surface area (Å²) >= 11 is 0. The van der Waals surface area contributed by atoms with Gasteiger partial charge in [-0.25, -0.2) is 15.0 Å². The van der Waals surface area contributed by atoms with E-state index in [0.717, 1.165) is 0 Å². The minimum Gasteiger partial charge on any atom is -0.544 e. The first-order valence-corrected chi connectivity index (χ1v) is 10.4. The highest BCUT2D eigenvalue weighted by Gasteiger charge is 2.45. The van der Waals surface area contributed by atoms with E-state index in [4.69, 9.17) is 16.2 Å². The summed E-state index contributed by atoms with van der Waals surface area (Å²) in [5.74, 6) is 0.328. The highest BCUT2D eigenvalue weighted by Crippen LogP contribution is 2.31. The summed E-state index contributed by atoms with van der Waals surface area (Å²) in [7, 11) is -0.167. The molecular formula is C15H24N7O4S+. The molecule has 1 saturated heterocycles. The number of quaternary nitrogens is 1. The smallest absolute Gasteiger partial charge is 0.167 e. The van der Waals surface area contributed by atoms with Gasteiger partial charge in [-0.15, -0.1) is 0 Å². The van der Waals surface area contributed by atoms with Crippen LogP contribution >= 0.6 is 0 Å². The number of aromatic nitrogens is 4. The first-order valence-electron chi connectivity index (χ1n) is 8.44. The molecule has 3 heterocycles. The Kier molecular flexibility index (Phi) is 5.81. The van der Waals surface area contributed by atoms with Gasteiger partial charge in [0.25, 0.3) is 0 Å². The number of imidazole rings is 1. The maximum Gasteiger partial charge on any atom is 0.167 e. The van der Waals surface area contributed by atoms with Crippen LogP contribution in [0.25, 0.3) is 11.2 Å². The number of carbonyl (C=O) groups excluding carboxylic acids is 1. The number of aliphatic hydroxyl groups is 1. The molecule has 1 unspecified atom stereocenters. The summed E-state index contributed by atoms with van der Waals surface area (Å²) in [5.41, 5.74) is 16.5. The van der Waals surface area contributed by atoms with Crippen molar-refractivity contribution in [1.82, 2.24) is 19.5 Å². The van der Waals surface area contributed by atoms with E-state index >= 15 is 0 Å². The zero-order valence-corrected chi connectivity index (χ0v) is 15.7. The Labute approximate surface area is 158 Å². The number of anilines is 1. The second kappa shape index (κ2) is 7.94. The lowest BCUT2D eigenvalue weighted by molar-refractivity contribution is -0.437. The number of rotatable bonds is 7. The minimum absolute atomic E-state index is 0.167. The van der Waals surface area contributed by atoms with Crippen molar-refractivity contribution in [2.24, 2.45) is 5.73 Å². The molecule has 0 aliphatic carbocycles. The number of carboxylic acids is 1. The summed E-state index contributed by atoms with van der Waals surface area (Å²) in [6, 6.07) is -1.41. The molecule has 0 radical (unpaired) electrons. The summed E-state index contributed by atoms with van der Waals surface area (Å²) in [6.45, 7) is 0. The average molecular weight is 398 g/mol. The largest absolute Gasteiger partial charge is 0.544 e. The summed E-state index contributed by atoms with van der Waals surface area (Å²) in [6.07, 6.45) is 3.30. The molecule has 11 nitrogen and oxygen atoms in total. The van der Waals surface area contributed by atoms with Gasteiger partial charge in [-0.2, -0.15) is 0 Å². The molecule has 8 N–H and O–H groups in total. The first-order chi connectivity index (χ1) is 12.8. The van der Waals surface area contributed by atoms with Crippen molar-refractivity contribution in [3.63, 3.8) is 0 Å². The lowest BCUT2D eigenvalue weighted by Crippen LogP contribution is -2.68. The van der Waals surface area contributed by atoms with Crippen molar-refractivity contribution in [1.29, 1.82) is 0 Å². The highest BCUT2D eigenvalue weighted by atomic mass is 32.2. The average Bonchev–Trinajstić information content (AvgIpc) is 3.17. The lowest BCUT2D eigenvalue weighted by Gasteiger charge is -2.17. The van der Waals surface area contributed by atoms with Crippen molar-refractivity contribution in [3.05, 3.63) is 12.7 Å². The van der Waals surface area contributed by atoms with E-state index in [2.05, 4.69) is 20.7 Å². The van der Waals surface area contributed by atoms with Gasteiger partial charge in [0, 0.05) is 6.42 Å². The fourth-order valence-electron chi connectivity index (χ4n) is 3.04. The van der Waals surface area contributed by atoms with Crippen molar-refractivity contribution >= 4 is 33.8 Å². The van der Waals surface area contributed by atoms with Crippen molar-refractivity contribution in [2.75, 3.05) is 23.5 Å². The second-order valence-corrected chi connectivity index (χ2v) is 8.98. The van der Waals surface area contributed by atoms with Crippen LogP contribution in [0.4, 0.5) is 5.82 Å². The monoisotopic (exact) mass is 398 g/mol. The number of carboxylic acid groups (broad SMARTS) is 1. The van der Waals surface area contributed by atoms with Gasteiger partial charge in [-0.3, -0.25) is 4.57 Å². The molecular weight excluding hydrogens is 374 g/mol. The third-order valence-corrected chi connectivity index (χ3v) is 6.51. The number of fused-ring (bicyclic) bond motifs is 1.